The maximum absolute atomic E-state index is 11.8. The van der Waals surface area contributed by atoms with Gasteiger partial charge in [-0.05, 0) is 18.9 Å². The van der Waals surface area contributed by atoms with Gasteiger partial charge in [0.1, 0.15) is 12.2 Å². The fourth-order valence-electron chi connectivity index (χ4n) is 3.82. The highest BCUT2D eigenvalue weighted by molar-refractivity contribution is 5.85. The molecule has 0 aromatic carbocycles. The Labute approximate surface area is 200 Å². The third-order valence-corrected chi connectivity index (χ3v) is 5.44. The number of hydrogen-bond acceptors (Lipinski definition) is 8. The maximum Gasteiger partial charge on any atom is 0.370 e. The number of guanidine groups is 1. The second kappa shape index (κ2) is 16.3. The van der Waals surface area contributed by atoms with Crippen LogP contribution in [-0.2, 0) is 19.1 Å². The molecule has 0 saturated heterocycles. The van der Waals surface area contributed by atoms with Crippen LogP contribution in [0, 0.1) is 0 Å². The largest absolute Gasteiger partial charge is 0.478 e. The number of nitrogens with one attached hydrogen (secondary N) is 1. The number of amides is 1. The fraction of sp³-hybridized carbons (Fsp3) is 0.773. The summed E-state index contributed by atoms with van der Waals surface area (Å²) in [6.45, 7) is 1.06. The van der Waals surface area contributed by atoms with Crippen LogP contribution in [0.1, 0.15) is 58.3 Å². The Morgan fingerprint density at radius 2 is 1.71 bits per heavy atom. The number of carboxylic acid groups (broad SMARTS) is 1. The van der Waals surface area contributed by atoms with Gasteiger partial charge in [0.15, 0.2) is 12.1 Å². The highest BCUT2D eigenvalue weighted by Crippen LogP contribution is 2.26. The molecule has 1 rings (SSSR count). The van der Waals surface area contributed by atoms with Crippen LogP contribution in [0.3, 0.4) is 0 Å². The summed E-state index contributed by atoms with van der Waals surface area (Å²) < 4.78 is 11.4. The Bertz CT molecular complexity index is 684. The first kappa shape index (κ1) is 29.6. The third kappa shape index (κ3) is 10.7. The maximum atomic E-state index is 11.8. The molecule has 0 saturated carbocycles. The molecular formula is C22H40N4O8. The van der Waals surface area contributed by atoms with Gasteiger partial charge in [0.25, 0.3) is 0 Å². The van der Waals surface area contributed by atoms with E-state index in [9.17, 15) is 24.9 Å². The summed E-state index contributed by atoms with van der Waals surface area (Å²) in [5.41, 5.74) is 11.0. The van der Waals surface area contributed by atoms with Crippen molar-refractivity contribution >= 4 is 17.8 Å². The fourth-order valence-corrected chi connectivity index (χ4v) is 3.82. The number of unbranched alkanes of at least 4 members (excludes halogenated alkanes) is 7. The number of rotatable bonds is 17. The van der Waals surface area contributed by atoms with E-state index in [2.05, 4.69) is 10.3 Å². The smallest absolute Gasteiger partial charge is 0.370 e. The van der Waals surface area contributed by atoms with Gasteiger partial charge in [-0.25, -0.2) is 9.79 Å². The van der Waals surface area contributed by atoms with Crippen molar-refractivity contribution in [2.75, 3.05) is 19.8 Å². The lowest BCUT2D eigenvalue weighted by atomic mass is 9.92. The van der Waals surface area contributed by atoms with Crippen LogP contribution < -0.4 is 16.8 Å². The van der Waals surface area contributed by atoms with E-state index in [0.717, 1.165) is 44.9 Å². The molecule has 5 atom stereocenters. The third-order valence-electron chi connectivity index (χ3n) is 5.44. The van der Waals surface area contributed by atoms with Crippen LogP contribution >= 0.6 is 0 Å². The van der Waals surface area contributed by atoms with Crippen LogP contribution in [0.4, 0.5) is 0 Å². The summed E-state index contributed by atoms with van der Waals surface area (Å²) in [4.78, 5) is 27.4. The number of carboxylic acids is 1. The molecule has 0 bridgehead atoms. The molecule has 0 aliphatic carbocycles. The van der Waals surface area contributed by atoms with Gasteiger partial charge in [0.2, 0.25) is 11.7 Å². The first-order valence-corrected chi connectivity index (χ1v) is 11.7. The zero-order valence-corrected chi connectivity index (χ0v) is 19.8. The van der Waals surface area contributed by atoms with E-state index in [1.165, 1.54) is 13.0 Å². The number of nitrogens with two attached hydrogens (primary N) is 2. The molecule has 196 valence electrons. The zero-order valence-electron chi connectivity index (χ0n) is 19.8. The molecule has 12 heteroatoms. The van der Waals surface area contributed by atoms with Gasteiger partial charge in [-0.15, -0.1) is 0 Å². The minimum Gasteiger partial charge on any atom is -0.478 e. The number of aliphatic imine (C=N–C) groups is 1. The number of carbonyl (C=O) groups excluding carboxylic acids is 1. The van der Waals surface area contributed by atoms with E-state index in [-0.39, 0.29) is 19.2 Å². The van der Waals surface area contributed by atoms with Crippen LogP contribution in [-0.4, -0.2) is 88.5 Å². The van der Waals surface area contributed by atoms with Gasteiger partial charge in [-0.3, -0.25) is 4.79 Å². The molecule has 0 fully saturated rings. The van der Waals surface area contributed by atoms with Gasteiger partial charge in [0.05, 0.1) is 18.7 Å². The lowest BCUT2D eigenvalue weighted by molar-refractivity contribution is -0.153. The second-order valence-electron chi connectivity index (χ2n) is 8.33. The van der Waals surface area contributed by atoms with E-state index in [1.807, 2.05) is 0 Å². The Morgan fingerprint density at radius 3 is 2.21 bits per heavy atom. The van der Waals surface area contributed by atoms with Gasteiger partial charge in [0, 0.05) is 20.1 Å². The molecule has 1 heterocycles. The molecule has 0 aromatic heterocycles. The number of ether oxygens (including phenoxy) is 2. The Kier molecular flexibility index (Phi) is 14.2. The zero-order chi connectivity index (χ0) is 25.5. The van der Waals surface area contributed by atoms with Crippen LogP contribution in [0.15, 0.2) is 16.8 Å². The summed E-state index contributed by atoms with van der Waals surface area (Å²) >= 11 is 0. The number of carbonyl (C=O) groups is 2. The van der Waals surface area contributed by atoms with Crippen molar-refractivity contribution in [3.8, 4) is 0 Å². The summed E-state index contributed by atoms with van der Waals surface area (Å²) in [5.74, 6) is -2.60. The van der Waals surface area contributed by atoms with E-state index < -0.39 is 54.6 Å². The number of aliphatic hydroxyl groups excluding tert-OH is 3. The minimum atomic E-state index is -1.40. The molecule has 1 amide bonds. The van der Waals surface area contributed by atoms with Crippen molar-refractivity contribution in [3.05, 3.63) is 11.8 Å². The Morgan fingerprint density at radius 1 is 1.12 bits per heavy atom. The van der Waals surface area contributed by atoms with E-state index in [4.69, 9.17) is 26.0 Å². The first-order valence-electron chi connectivity index (χ1n) is 11.7. The summed E-state index contributed by atoms with van der Waals surface area (Å²) in [5, 5.41) is 40.9. The number of aliphatic hydroxyl groups is 3. The predicted octanol–water partition coefficient (Wildman–Crippen LogP) is -0.648. The topological polar surface area (TPSA) is 210 Å². The highest BCUT2D eigenvalue weighted by atomic mass is 16.6. The van der Waals surface area contributed by atoms with E-state index >= 15 is 0 Å². The Balaban J connectivity index is 2.85. The van der Waals surface area contributed by atoms with Gasteiger partial charge in [-0.1, -0.05) is 38.5 Å². The molecule has 1 aliphatic rings. The molecule has 0 radical (unpaired) electrons. The van der Waals surface area contributed by atoms with Gasteiger partial charge in [-0.2, -0.15) is 0 Å². The van der Waals surface area contributed by atoms with Crippen molar-refractivity contribution < 1.29 is 39.5 Å². The lowest BCUT2D eigenvalue weighted by Gasteiger charge is -2.40. The minimum absolute atomic E-state index is 0.224. The molecule has 1 aliphatic heterocycles. The molecule has 34 heavy (non-hydrogen) atoms. The SMILES string of the molecule is CC(=O)N[C@H]1[C@H]([C@H](OCCCCCCCCCCO)[C@H](O)CO)OC(C(=O)O)=C[C@@H]1N=C(N)N. The second-order valence-corrected chi connectivity index (χ2v) is 8.33. The first-order chi connectivity index (χ1) is 16.2. The van der Waals surface area contributed by atoms with Crippen LogP contribution in [0.2, 0.25) is 0 Å². The van der Waals surface area contributed by atoms with Crippen molar-refractivity contribution in [2.24, 2.45) is 16.5 Å². The summed E-state index contributed by atoms with van der Waals surface area (Å²) in [6, 6.07) is -1.94. The molecule has 0 unspecified atom stereocenters. The predicted molar refractivity (Wildman–Crippen MR) is 125 cm³/mol. The van der Waals surface area contributed by atoms with Crippen LogP contribution in [0.25, 0.3) is 0 Å². The summed E-state index contributed by atoms with van der Waals surface area (Å²) in [7, 11) is 0. The Hall–Kier alpha value is -2.41. The van der Waals surface area contributed by atoms with Crippen molar-refractivity contribution in [3.63, 3.8) is 0 Å². The number of nitrogens with zero attached hydrogens (tertiary/aromatic N) is 1. The van der Waals surface area contributed by atoms with Gasteiger partial charge < -0.3 is 46.7 Å². The van der Waals surface area contributed by atoms with Crippen molar-refractivity contribution in [2.45, 2.75) is 88.7 Å². The monoisotopic (exact) mass is 488 g/mol. The quantitative estimate of drug-likeness (QED) is 0.0781. The normalized spacial score (nSPS) is 21.6. The van der Waals surface area contributed by atoms with Crippen LogP contribution in [0.5, 0.6) is 0 Å². The molecular weight excluding hydrogens is 448 g/mol. The van der Waals surface area contributed by atoms with Crippen molar-refractivity contribution in [1.29, 1.82) is 0 Å². The average molecular weight is 489 g/mol. The number of aliphatic carboxylic acids is 1. The van der Waals surface area contributed by atoms with Gasteiger partial charge >= 0.3 is 5.97 Å². The van der Waals surface area contributed by atoms with Crippen molar-refractivity contribution in [1.82, 2.24) is 5.32 Å². The highest BCUT2D eigenvalue weighted by Gasteiger charge is 2.45. The molecule has 9 N–H and O–H groups in total. The molecule has 12 nitrogen and oxygen atoms in total. The average Bonchev–Trinajstić information content (AvgIpc) is 2.77. The van der Waals surface area contributed by atoms with E-state index in [1.54, 1.807) is 0 Å². The summed E-state index contributed by atoms with van der Waals surface area (Å²) in [6.07, 6.45) is 5.10. The van der Waals surface area contributed by atoms with E-state index in [0.29, 0.717) is 6.42 Å². The molecule has 0 spiro atoms. The lowest BCUT2D eigenvalue weighted by Crippen LogP contribution is -2.60. The standard InChI is InChI=1S/C22H40N4O8/c1-14(29)25-18-15(26-22(23)24)12-17(21(31)32)34-20(18)19(16(30)13-28)33-11-9-7-5-3-2-4-6-8-10-27/h12,15-16,18-20,27-28,30H,2-11,13H2,1H3,(H,25,29)(H,31,32)(H4,23,24,26)/t15-,16+,18+,19+,20+/m0/s1. The molecule has 0 aromatic rings. The number of hydrogen-bond donors (Lipinski definition) is 7.